The van der Waals surface area contributed by atoms with Gasteiger partial charge in [0.25, 0.3) is 0 Å². The summed E-state index contributed by atoms with van der Waals surface area (Å²) in [7, 11) is 1.37. The number of rotatable bonds is 7. The molecule has 0 aliphatic carbocycles. The minimum Gasteiger partial charge on any atom is -0.469 e. The van der Waals surface area contributed by atoms with Gasteiger partial charge in [-0.3, -0.25) is 9.59 Å². The van der Waals surface area contributed by atoms with Gasteiger partial charge in [-0.05, 0) is 12.5 Å². The number of hydrogen-bond acceptors (Lipinski definition) is 3. The molecular formula is C21H22O3. The Hall–Kier alpha value is -2.68. The summed E-state index contributed by atoms with van der Waals surface area (Å²) in [5, 5.41) is 0. The molecule has 0 radical (unpaired) electrons. The van der Waals surface area contributed by atoms with Crippen LogP contribution in [-0.2, 0) is 9.53 Å². The molecule has 2 atom stereocenters. The van der Waals surface area contributed by atoms with E-state index >= 15 is 0 Å². The first kappa shape index (κ1) is 17.7. The fourth-order valence-electron chi connectivity index (χ4n) is 2.81. The molecule has 0 aliphatic rings. The van der Waals surface area contributed by atoms with Crippen molar-refractivity contribution in [1.29, 1.82) is 0 Å². The molecule has 0 aromatic heterocycles. The lowest BCUT2D eigenvalue weighted by atomic mass is 9.81. The summed E-state index contributed by atoms with van der Waals surface area (Å²) in [6.45, 7) is 1.86. The second kappa shape index (κ2) is 8.82. The van der Waals surface area contributed by atoms with E-state index in [9.17, 15) is 9.59 Å². The maximum absolute atomic E-state index is 12.7. The average molecular weight is 322 g/mol. The molecule has 0 N–H and O–H groups in total. The van der Waals surface area contributed by atoms with E-state index in [0.29, 0.717) is 5.56 Å². The van der Waals surface area contributed by atoms with Gasteiger partial charge >= 0.3 is 5.97 Å². The predicted molar refractivity (Wildman–Crippen MR) is 94.9 cm³/mol. The van der Waals surface area contributed by atoms with Crippen LogP contribution in [0.4, 0.5) is 0 Å². The highest BCUT2D eigenvalue weighted by atomic mass is 16.5. The van der Waals surface area contributed by atoms with Crippen molar-refractivity contribution in [3.05, 3.63) is 83.9 Å². The normalized spacial score (nSPS) is 13.4. The van der Waals surface area contributed by atoms with Gasteiger partial charge in [0.15, 0.2) is 5.78 Å². The van der Waals surface area contributed by atoms with Crippen LogP contribution < -0.4 is 0 Å². The molecule has 0 unspecified atom stereocenters. The number of ketones is 1. The van der Waals surface area contributed by atoms with Crippen molar-refractivity contribution in [3.63, 3.8) is 0 Å². The Morgan fingerprint density at radius 2 is 1.58 bits per heavy atom. The first-order valence-corrected chi connectivity index (χ1v) is 8.01. The molecule has 0 bridgehead atoms. The van der Waals surface area contributed by atoms with Crippen LogP contribution >= 0.6 is 0 Å². The molecule has 0 saturated heterocycles. The molecule has 0 aliphatic heterocycles. The number of carbonyl (C=O) groups excluding carboxylic acids is 2. The number of ether oxygens (including phenoxy) is 1. The van der Waals surface area contributed by atoms with E-state index in [0.717, 1.165) is 5.56 Å². The van der Waals surface area contributed by atoms with Crippen LogP contribution in [0.15, 0.2) is 72.8 Å². The molecular weight excluding hydrogens is 300 g/mol. The molecule has 0 fully saturated rings. The zero-order valence-electron chi connectivity index (χ0n) is 14.0. The quantitative estimate of drug-likeness (QED) is 0.431. The van der Waals surface area contributed by atoms with Crippen molar-refractivity contribution >= 4 is 11.8 Å². The summed E-state index contributed by atoms with van der Waals surface area (Å²) in [6, 6.07) is 18.8. The highest BCUT2D eigenvalue weighted by Crippen LogP contribution is 2.31. The lowest BCUT2D eigenvalue weighted by Gasteiger charge is -2.23. The van der Waals surface area contributed by atoms with Crippen molar-refractivity contribution in [3.8, 4) is 0 Å². The zero-order valence-corrected chi connectivity index (χ0v) is 14.0. The van der Waals surface area contributed by atoms with Crippen LogP contribution in [0.3, 0.4) is 0 Å². The third kappa shape index (κ3) is 4.42. The van der Waals surface area contributed by atoms with Crippen molar-refractivity contribution < 1.29 is 14.3 Å². The minimum absolute atomic E-state index is 0.0165. The molecule has 0 amide bonds. The Morgan fingerprint density at radius 3 is 2.12 bits per heavy atom. The lowest BCUT2D eigenvalue weighted by molar-refractivity contribution is -0.144. The van der Waals surface area contributed by atoms with E-state index in [-0.39, 0.29) is 24.1 Å². The highest BCUT2D eigenvalue weighted by Gasteiger charge is 2.30. The van der Waals surface area contributed by atoms with Gasteiger partial charge in [0, 0.05) is 17.9 Å². The number of carbonyl (C=O) groups is 2. The Labute approximate surface area is 143 Å². The first-order chi connectivity index (χ1) is 11.7. The van der Waals surface area contributed by atoms with E-state index < -0.39 is 5.92 Å². The van der Waals surface area contributed by atoms with Crippen molar-refractivity contribution in [2.45, 2.75) is 19.3 Å². The molecule has 3 nitrogen and oxygen atoms in total. The number of esters is 1. The number of Topliss-reactive ketones (excluding diaryl/α,β-unsaturated/α-hetero) is 1. The molecule has 124 valence electrons. The van der Waals surface area contributed by atoms with Crippen LogP contribution in [0.25, 0.3) is 0 Å². The maximum atomic E-state index is 12.7. The van der Waals surface area contributed by atoms with Crippen LogP contribution in [0, 0.1) is 5.92 Å². The zero-order chi connectivity index (χ0) is 17.4. The molecule has 3 heteroatoms. The van der Waals surface area contributed by atoms with Gasteiger partial charge in [0.1, 0.15) is 0 Å². The largest absolute Gasteiger partial charge is 0.469 e. The van der Waals surface area contributed by atoms with Crippen LogP contribution in [0.2, 0.25) is 0 Å². The molecule has 0 heterocycles. The SMILES string of the molecule is C/C=C/[C@@H](C(=O)OC)[C@H](CC(=O)c1ccccc1)c1ccccc1. The number of hydrogen-bond donors (Lipinski definition) is 0. The monoisotopic (exact) mass is 322 g/mol. The van der Waals surface area contributed by atoms with E-state index in [4.69, 9.17) is 4.74 Å². The fourth-order valence-corrected chi connectivity index (χ4v) is 2.81. The number of benzene rings is 2. The number of allylic oxidation sites excluding steroid dienone is 1. The fraction of sp³-hybridized carbons (Fsp3) is 0.238. The van der Waals surface area contributed by atoms with Crippen molar-refractivity contribution in [1.82, 2.24) is 0 Å². The van der Waals surface area contributed by atoms with Gasteiger partial charge in [-0.25, -0.2) is 0 Å². The summed E-state index contributed by atoms with van der Waals surface area (Å²) in [6.07, 6.45) is 3.88. The van der Waals surface area contributed by atoms with Crippen LogP contribution in [-0.4, -0.2) is 18.9 Å². The third-order valence-electron chi connectivity index (χ3n) is 4.04. The van der Waals surface area contributed by atoms with Crippen molar-refractivity contribution in [2.24, 2.45) is 5.92 Å². The third-order valence-corrected chi connectivity index (χ3v) is 4.04. The van der Waals surface area contributed by atoms with E-state index in [2.05, 4.69) is 0 Å². The van der Waals surface area contributed by atoms with E-state index in [1.807, 2.05) is 67.6 Å². The highest BCUT2D eigenvalue weighted by molar-refractivity contribution is 5.97. The maximum Gasteiger partial charge on any atom is 0.313 e. The molecule has 2 aromatic carbocycles. The van der Waals surface area contributed by atoms with E-state index in [1.165, 1.54) is 7.11 Å². The molecule has 0 spiro atoms. The minimum atomic E-state index is -0.491. The lowest BCUT2D eigenvalue weighted by Crippen LogP contribution is -2.24. The smallest absolute Gasteiger partial charge is 0.313 e. The van der Waals surface area contributed by atoms with Gasteiger partial charge in [-0.2, -0.15) is 0 Å². The van der Waals surface area contributed by atoms with Gasteiger partial charge in [0.2, 0.25) is 0 Å². The average Bonchev–Trinajstić information content (AvgIpc) is 2.65. The molecule has 2 rings (SSSR count). The van der Waals surface area contributed by atoms with E-state index in [1.54, 1.807) is 12.1 Å². The Kier molecular flexibility index (Phi) is 6.50. The Morgan fingerprint density at radius 1 is 1.00 bits per heavy atom. The second-order valence-corrected chi connectivity index (χ2v) is 5.59. The van der Waals surface area contributed by atoms with Crippen LogP contribution in [0.1, 0.15) is 35.2 Å². The van der Waals surface area contributed by atoms with Gasteiger partial charge in [-0.1, -0.05) is 72.8 Å². The molecule has 0 saturated carbocycles. The summed E-state index contributed by atoms with van der Waals surface area (Å²) in [5.74, 6) is -1.07. The van der Waals surface area contributed by atoms with Crippen LogP contribution in [0.5, 0.6) is 0 Å². The Bertz CT molecular complexity index is 690. The summed E-state index contributed by atoms with van der Waals surface area (Å²) in [4.78, 5) is 24.9. The second-order valence-electron chi connectivity index (χ2n) is 5.59. The topological polar surface area (TPSA) is 43.4 Å². The van der Waals surface area contributed by atoms with Crippen molar-refractivity contribution in [2.75, 3.05) is 7.11 Å². The molecule has 2 aromatic rings. The number of methoxy groups -OCH3 is 1. The summed E-state index contributed by atoms with van der Waals surface area (Å²) >= 11 is 0. The predicted octanol–water partition coefficient (Wildman–Crippen LogP) is 4.41. The first-order valence-electron chi connectivity index (χ1n) is 8.01. The van der Waals surface area contributed by atoms with Gasteiger partial charge < -0.3 is 4.74 Å². The summed E-state index contributed by atoms with van der Waals surface area (Å²) in [5.41, 5.74) is 1.61. The standard InChI is InChI=1S/C21H22O3/c1-3-10-18(21(23)24-2)19(16-11-6-4-7-12-16)15-20(22)17-13-8-5-9-14-17/h3-14,18-19H,15H2,1-2H3/b10-3+/t18-,19-/m1/s1. The summed E-state index contributed by atoms with van der Waals surface area (Å²) < 4.78 is 4.95. The van der Waals surface area contributed by atoms with Gasteiger partial charge in [-0.15, -0.1) is 0 Å². The Balaban J connectivity index is 2.36. The van der Waals surface area contributed by atoms with Gasteiger partial charge in [0.05, 0.1) is 13.0 Å². The molecule has 24 heavy (non-hydrogen) atoms.